The van der Waals surface area contributed by atoms with Gasteiger partial charge in [-0.3, -0.25) is 4.79 Å². The summed E-state index contributed by atoms with van der Waals surface area (Å²) in [7, 11) is -3.60. The second-order valence-electron chi connectivity index (χ2n) is 9.42. The minimum Gasteiger partial charge on any atom is -0.491 e. The van der Waals surface area contributed by atoms with E-state index in [0.717, 1.165) is 12.3 Å². The van der Waals surface area contributed by atoms with Crippen molar-refractivity contribution in [1.82, 2.24) is 4.72 Å². The van der Waals surface area contributed by atoms with Crippen molar-refractivity contribution in [3.8, 4) is 5.75 Å². The number of fused-ring (bicyclic) bond motifs is 2. The van der Waals surface area contributed by atoms with Gasteiger partial charge in [0.05, 0.1) is 11.0 Å². The lowest BCUT2D eigenvalue weighted by Crippen LogP contribution is -2.40. The lowest BCUT2D eigenvalue weighted by molar-refractivity contribution is 0.102. The molecule has 172 valence electrons. The second kappa shape index (κ2) is 9.24. The smallest absolute Gasteiger partial charge is 0.255 e. The van der Waals surface area contributed by atoms with Gasteiger partial charge in [0.15, 0.2) is 0 Å². The van der Waals surface area contributed by atoms with Crippen LogP contribution in [0, 0.1) is 17.8 Å². The van der Waals surface area contributed by atoms with Crippen molar-refractivity contribution in [1.29, 1.82) is 0 Å². The monoisotopic (exact) mass is 456 g/mol. The molecular weight excluding hydrogens is 424 g/mol. The molecule has 2 aliphatic carbocycles. The third kappa shape index (κ3) is 5.15. The predicted octanol–water partition coefficient (Wildman–Crippen LogP) is 4.83. The number of ether oxygens (including phenoxy) is 1. The molecule has 6 nitrogen and oxygen atoms in total. The zero-order valence-electron chi connectivity index (χ0n) is 18.9. The Labute approximate surface area is 190 Å². The molecule has 32 heavy (non-hydrogen) atoms. The Morgan fingerprint density at radius 3 is 2.22 bits per heavy atom. The summed E-state index contributed by atoms with van der Waals surface area (Å²) in [4.78, 5) is 12.7. The average molecular weight is 457 g/mol. The molecule has 0 saturated heterocycles. The van der Waals surface area contributed by atoms with Crippen molar-refractivity contribution >= 4 is 21.6 Å². The van der Waals surface area contributed by atoms with Crippen LogP contribution in [-0.2, 0) is 10.0 Å². The Bertz CT molecular complexity index is 1050. The van der Waals surface area contributed by atoms with E-state index in [0.29, 0.717) is 28.8 Å². The summed E-state index contributed by atoms with van der Waals surface area (Å²) >= 11 is 0. The highest BCUT2D eigenvalue weighted by molar-refractivity contribution is 7.89. The average Bonchev–Trinajstić information content (AvgIpc) is 3.38. The molecule has 0 aliphatic heterocycles. The van der Waals surface area contributed by atoms with E-state index in [1.165, 1.54) is 31.4 Å². The number of nitrogens with one attached hydrogen (secondary N) is 2. The molecule has 2 aromatic carbocycles. The SMILES string of the molecule is CC(C)Oc1ccc(C(=O)Nc2ccc(S(=O)(=O)N[C@H](C)[C@@H]3C[C@H]4CC[C@H]3C4)cc2)cc1. The number of rotatable bonds is 8. The largest absolute Gasteiger partial charge is 0.491 e. The molecule has 0 heterocycles. The van der Waals surface area contributed by atoms with Crippen LogP contribution in [0.3, 0.4) is 0 Å². The summed E-state index contributed by atoms with van der Waals surface area (Å²) < 4.78 is 34.2. The molecule has 2 saturated carbocycles. The second-order valence-corrected chi connectivity index (χ2v) is 11.1. The standard InChI is InChI=1S/C25H32N2O4S/c1-16(2)31-22-10-6-19(7-11-22)25(28)26-21-8-12-23(13-9-21)32(29,30)27-17(3)24-15-18-4-5-20(24)14-18/h6-13,16-18,20,24,27H,4-5,14-15H2,1-3H3,(H,26,28)/t17-,18+,20+,24+/m1/s1. The van der Waals surface area contributed by atoms with Crippen LogP contribution in [0.1, 0.15) is 56.8 Å². The van der Waals surface area contributed by atoms with Crippen LogP contribution in [0.2, 0.25) is 0 Å². The van der Waals surface area contributed by atoms with Crippen LogP contribution in [0.25, 0.3) is 0 Å². The normalized spacial score (nSPS) is 23.3. The van der Waals surface area contributed by atoms with Gasteiger partial charge in [-0.15, -0.1) is 0 Å². The molecule has 0 radical (unpaired) electrons. The fourth-order valence-electron chi connectivity index (χ4n) is 5.18. The Kier molecular flexibility index (Phi) is 6.58. The summed E-state index contributed by atoms with van der Waals surface area (Å²) in [5.74, 6) is 2.30. The Hall–Kier alpha value is -2.38. The van der Waals surface area contributed by atoms with Crippen LogP contribution in [0.4, 0.5) is 5.69 Å². The van der Waals surface area contributed by atoms with Crippen molar-refractivity contribution in [2.45, 2.75) is 63.5 Å². The summed E-state index contributed by atoms with van der Waals surface area (Å²) in [5, 5.41) is 2.81. The highest BCUT2D eigenvalue weighted by Gasteiger charge is 2.42. The van der Waals surface area contributed by atoms with Crippen molar-refractivity contribution < 1.29 is 17.9 Å². The fourth-order valence-corrected chi connectivity index (χ4v) is 6.48. The van der Waals surface area contributed by atoms with Gasteiger partial charge in [0.25, 0.3) is 5.91 Å². The zero-order chi connectivity index (χ0) is 22.9. The Morgan fingerprint density at radius 2 is 1.66 bits per heavy atom. The number of carbonyl (C=O) groups is 1. The maximum Gasteiger partial charge on any atom is 0.255 e. The zero-order valence-corrected chi connectivity index (χ0v) is 19.7. The molecule has 2 aromatic rings. The topological polar surface area (TPSA) is 84.5 Å². The molecule has 7 heteroatoms. The predicted molar refractivity (Wildman–Crippen MR) is 125 cm³/mol. The first-order chi connectivity index (χ1) is 15.2. The number of hydrogen-bond donors (Lipinski definition) is 2. The molecule has 4 rings (SSSR count). The molecule has 0 spiro atoms. The van der Waals surface area contributed by atoms with Crippen LogP contribution in [0.5, 0.6) is 5.75 Å². The van der Waals surface area contributed by atoms with Gasteiger partial charge in [-0.05, 0) is 106 Å². The number of benzene rings is 2. The van der Waals surface area contributed by atoms with E-state index in [1.54, 1.807) is 36.4 Å². The Morgan fingerprint density at radius 1 is 0.969 bits per heavy atom. The summed E-state index contributed by atoms with van der Waals surface area (Å²) in [6.07, 6.45) is 4.96. The van der Waals surface area contributed by atoms with Gasteiger partial charge in [-0.2, -0.15) is 0 Å². The number of hydrogen-bond acceptors (Lipinski definition) is 4. The maximum absolute atomic E-state index is 12.9. The van der Waals surface area contributed by atoms with E-state index in [2.05, 4.69) is 10.0 Å². The number of anilines is 1. The van der Waals surface area contributed by atoms with Crippen molar-refractivity contribution in [3.05, 3.63) is 54.1 Å². The first-order valence-corrected chi connectivity index (χ1v) is 12.9. The Balaban J connectivity index is 1.36. The number of carbonyl (C=O) groups excluding carboxylic acids is 1. The van der Waals surface area contributed by atoms with Gasteiger partial charge in [0.2, 0.25) is 10.0 Å². The maximum atomic E-state index is 12.9. The van der Waals surface area contributed by atoms with E-state index in [9.17, 15) is 13.2 Å². The van der Waals surface area contributed by atoms with E-state index < -0.39 is 10.0 Å². The number of amides is 1. The van der Waals surface area contributed by atoms with Gasteiger partial charge >= 0.3 is 0 Å². The molecule has 4 atom stereocenters. The molecular formula is C25H32N2O4S. The summed E-state index contributed by atoms with van der Waals surface area (Å²) in [6, 6.07) is 13.1. The first kappa shape index (κ1) is 22.8. The van der Waals surface area contributed by atoms with Crippen molar-refractivity contribution in [2.75, 3.05) is 5.32 Å². The van der Waals surface area contributed by atoms with E-state index >= 15 is 0 Å². The van der Waals surface area contributed by atoms with Gasteiger partial charge in [-0.25, -0.2) is 13.1 Å². The third-order valence-corrected chi connectivity index (χ3v) is 8.26. The fraction of sp³-hybridized carbons (Fsp3) is 0.480. The van der Waals surface area contributed by atoms with Gasteiger partial charge in [0, 0.05) is 17.3 Å². The molecule has 2 aliphatic rings. The van der Waals surface area contributed by atoms with Crippen molar-refractivity contribution in [3.63, 3.8) is 0 Å². The highest BCUT2D eigenvalue weighted by Crippen LogP contribution is 2.49. The third-order valence-electron chi connectivity index (χ3n) is 6.69. The van der Waals surface area contributed by atoms with E-state index in [4.69, 9.17) is 4.74 Å². The van der Waals surface area contributed by atoms with Crippen molar-refractivity contribution in [2.24, 2.45) is 17.8 Å². The minimum absolute atomic E-state index is 0.0650. The molecule has 2 fully saturated rings. The quantitative estimate of drug-likeness (QED) is 0.596. The van der Waals surface area contributed by atoms with Crippen LogP contribution >= 0.6 is 0 Å². The highest BCUT2D eigenvalue weighted by atomic mass is 32.2. The van der Waals surface area contributed by atoms with Crippen LogP contribution in [0.15, 0.2) is 53.4 Å². The molecule has 2 bridgehead atoms. The minimum atomic E-state index is -3.60. The van der Waals surface area contributed by atoms with Gasteiger partial charge in [-0.1, -0.05) is 6.42 Å². The molecule has 0 unspecified atom stereocenters. The van der Waals surface area contributed by atoms with Crippen LogP contribution in [-0.4, -0.2) is 26.5 Å². The first-order valence-electron chi connectivity index (χ1n) is 11.4. The van der Waals surface area contributed by atoms with Gasteiger partial charge < -0.3 is 10.1 Å². The lowest BCUT2D eigenvalue weighted by Gasteiger charge is -2.28. The van der Waals surface area contributed by atoms with E-state index in [1.807, 2.05) is 20.8 Å². The molecule has 0 aromatic heterocycles. The summed E-state index contributed by atoms with van der Waals surface area (Å²) in [6.45, 7) is 5.87. The van der Waals surface area contributed by atoms with Gasteiger partial charge in [0.1, 0.15) is 5.75 Å². The number of sulfonamides is 1. The molecule has 2 N–H and O–H groups in total. The lowest BCUT2D eigenvalue weighted by atomic mass is 9.84. The van der Waals surface area contributed by atoms with Crippen LogP contribution < -0.4 is 14.8 Å². The van der Waals surface area contributed by atoms with E-state index in [-0.39, 0.29) is 22.9 Å². The summed E-state index contributed by atoms with van der Waals surface area (Å²) in [5.41, 5.74) is 1.04. The molecule has 1 amide bonds.